The van der Waals surface area contributed by atoms with Gasteiger partial charge in [-0.2, -0.15) is 0 Å². The maximum Gasteiger partial charge on any atom is 0.161 e. The Morgan fingerprint density at radius 3 is 2.57 bits per heavy atom. The molecule has 0 aromatic heterocycles. The molecule has 0 aliphatic carbocycles. The predicted molar refractivity (Wildman–Crippen MR) is 93.1 cm³/mol. The molecular weight excluding hydrogens is 314 g/mol. The normalized spacial score (nSPS) is 12.4. The Labute approximate surface area is 143 Å². The van der Waals surface area contributed by atoms with Crippen LogP contribution in [0.25, 0.3) is 0 Å². The molecule has 3 rings (SSSR count). The summed E-state index contributed by atoms with van der Waals surface area (Å²) in [7, 11) is 0. The minimum atomic E-state index is 0. The van der Waals surface area contributed by atoms with Crippen molar-refractivity contribution in [2.24, 2.45) is 5.73 Å². The van der Waals surface area contributed by atoms with Crippen molar-refractivity contribution in [2.45, 2.75) is 12.8 Å². The molecule has 4 nitrogen and oxygen atoms in total. The second kappa shape index (κ2) is 8.65. The van der Waals surface area contributed by atoms with Crippen molar-refractivity contribution in [3.63, 3.8) is 0 Å². The molecule has 0 unspecified atom stereocenters. The van der Waals surface area contributed by atoms with Crippen LogP contribution in [0.5, 0.6) is 17.2 Å². The van der Waals surface area contributed by atoms with Gasteiger partial charge in [-0.1, -0.05) is 24.3 Å². The van der Waals surface area contributed by atoms with E-state index in [1.807, 2.05) is 24.3 Å². The maximum atomic E-state index is 5.70. The Morgan fingerprint density at radius 2 is 1.74 bits per heavy atom. The van der Waals surface area contributed by atoms with Crippen LogP contribution >= 0.6 is 12.4 Å². The van der Waals surface area contributed by atoms with Gasteiger partial charge in [0.05, 0.1) is 0 Å². The number of hydrogen-bond acceptors (Lipinski definition) is 4. The minimum Gasteiger partial charge on any atom is -0.492 e. The van der Waals surface area contributed by atoms with Gasteiger partial charge in [-0.05, 0) is 42.2 Å². The van der Waals surface area contributed by atoms with E-state index >= 15 is 0 Å². The number of para-hydroxylation sites is 1. The summed E-state index contributed by atoms with van der Waals surface area (Å²) >= 11 is 0. The first-order valence-electron chi connectivity index (χ1n) is 7.66. The molecule has 2 N–H and O–H groups in total. The highest BCUT2D eigenvalue weighted by molar-refractivity contribution is 5.85. The molecule has 0 saturated heterocycles. The van der Waals surface area contributed by atoms with E-state index in [1.165, 1.54) is 11.1 Å². The van der Waals surface area contributed by atoms with Crippen molar-refractivity contribution < 1.29 is 14.2 Å². The van der Waals surface area contributed by atoms with Crippen LogP contribution in [0.2, 0.25) is 0 Å². The molecule has 23 heavy (non-hydrogen) atoms. The molecule has 0 spiro atoms. The fourth-order valence-corrected chi connectivity index (χ4v) is 2.54. The van der Waals surface area contributed by atoms with Gasteiger partial charge in [-0.3, -0.25) is 0 Å². The molecule has 0 fully saturated rings. The van der Waals surface area contributed by atoms with Crippen LogP contribution in [0.15, 0.2) is 42.5 Å². The van der Waals surface area contributed by atoms with Gasteiger partial charge >= 0.3 is 0 Å². The van der Waals surface area contributed by atoms with Gasteiger partial charge in [0.15, 0.2) is 11.5 Å². The van der Waals surface area contributed by atoms with E-state index in [-0.39, 0.29) is 12.4 Å². The van der Waals surface area contributed by atoms with Crippen molar-refractivity contribution in [1.82, 2.24) is 0 Å². The summed E-state index contributed by atoms with van der Waals surface area (Å²) in [5, 5.41) is 0. The van der Waals surface area contributed by atoms with E-state index in [4.69, 9.17) is 19.9 Å². The Hall–Kier alpha value is -1.91. The van der Waals surface area contributed by atoms with Crippen LogP contribution in [-0.2, 0) is 12.8 Å². The first-order chi connectivity index (χ1) is 10.9. The van der Waals surface area contributed by atoms with Crippen molar-refractivity contribution in [3.8, 4) is 17.2 Å². The van der Waals surface area contributed by atoms with Gasteiger partial charge < -0.3 is 19.9 Å². The molecule has 0 bridgehead atoms. The maximum absolute atomic E-state index is 5.70. The van der Waals surface area contributed by atoms with E-state index in [9.17, 15) is 0 Å². The third-order valence-corrected chi connectivity index (χ3v) is 3.64. The standard InChI is InChI=1S/C18H21NO3.ClH/c19-9-10-20-16-4-2-1-3-15(16)7-5-14-6-8-17-18(13-14)22-12-11-21-17;/h1-4,6,8,13H,5,7,9-12,19H2;1H. The van der Waals surface area contributed by atoms with Gasteiger partial charge in [-0.15, -0.1) is 12.4 Å². The highest BCUT2D eigenvalue weighted by Crippen LogP contribution is 2.31. The Balaban J connectivity index is 0.00000192. The lowest BCUT2D eigenvalue weighted by atomic mass is 10.0. The summed E-state index contributed by atoms with van der Waals surface area (Å²) in [6, 6.07) is 14.3. The SMILES string of the molecule is Cl.NCCOc1ccccc1CCc1ccc2c(c1)OCCO2. The van der Waals surface area contributed by atoms with Gasteiger partial charge in [0, 0.05) is 6.54 Å². The van der Waals surface area contributed by atoms with E-state index in [0.717, 1.165) is 30.1 Å². The van der Waals surface area contributed by atoms with Gasteiger partial charge in [0.25, 0.3) is 0 Å². The second-order valence-corrected chi connectivity index (χ2v) is 5.22. The summed E-state index contributed by atoms with van der Waals surface area (Å²) in [4.78, 5) is 0. The fraction of sp³-hybridized carbons (Fsp3) is 0.333. The molecule has 0 radical (unpaired) electrons. The zero-order valence-corrected chi connectivity index (χ0v) is 13.8. The van der Waals surface area contributed by atoms with Crippen LogP contribution in [0.3, 0.4) is 0 Å². The quantitative estimate of drug-likeness (QED) is 0.881. The number of rotatable bonds is 6. The molecule has 124 valence electrons. The molecule has 1 aliphatic rings. The van der Waals surface area contributed by atoms with Crippen LogP contribution in [0.1, 0.15) is 11.1 Å². The summed E-state index contributed by atoms with van der Waals surface area (Å²) in [5.41, 5.74) is 7.94. The Bertz CT molecular complexity index is 633. The number of nitrogens with two attached hydrogens (primary N) is 1. The topological polar surface area (TPSA) is 53.7 Å². The van der Waals surface area contributed by atoms with E-state index in [1.54, 1.807) is 0 Å². The smallest absolute Gasteiger partial charge is 0.161 e. The highest BCUT2D eigenvalue weighted by Gasteiger charge is 2.12. The Kier molecular flexibility index (Phi) is 6.56. The summed E-state index contributed by atoms with van der Waals surface area (Å²) in [5.74, 6) is 2.60. The third kappa shape index (κ3) is 4.53. The zero-order chi connectivity index (χ0) is 15.2. The summed E-state index contributed by atoms with van der Waals surface area (Å²) in [6.45, 7) is 2.31. The van der Waals surface area contributed by atoms with Crippen molar-refractivity contribution >= 4 is 12.4 Å². The van der Waals surface area contributed by atoms with Crippen molar-refractivity contribution in [1.29, 1.82) is 0 Å². The largest absolute Gasteiger partial charge is 0.492 e. The predicted octanol–water partition coefficient (Wildman–Crippen LogP) is 3.00. The van der Waals surface area contributed by atoms with Crippen molar-refractivity contribution in [2.75, 3.05) is 26.4 Å². The number of fused-ring (bicyclic) bond motifs is 1. The number of aryl methyl sites for hydroxylation is 2. The third-order valence-electron chi connectivity index (χ3n) is 3.64. The van der Waals surface area contributed by atoms with E-state index in [2.05, 4.69) is 18.2 Å². The lowest BCUT2D eigenvalue weighted by molar-refractivity contribution is 0.171. The monoisotopic (exact) mass is 335 g/mol. The number of halogens is 1. The molecule has 1 heterocycles. The molecule has 0 saturated carbocycles. The van der Waals surface area contributed by atoms with E-state index in [0.29, 0.717) is 26.4 Å². The van der Waals surface area contributed by atoms with E-state index < -0.39 is 0 Å². The number of ether oxygens (including phenoxy) is 3. The average molecular weight is 336 g/mol. The zero-order valence-electron chi connectivity index (χ0n) is 13.0. The summed E-state index contributed by atoms with van der Waals surface area (Å²) in [6.07, 6.45) is 1.85. The number of benzene rings is 2. The molecule has 0 atom stereocenters. The highest BCUT2D eigenvalue weighted by atomic mass is 35.5. The lowest BCUT2D eigenvalue weighted by Crippen LogP contribution is -2.15. The summed E-state index contributed by atoms with van der Waals surface area (Å²) < 4.78 is 16.9. The van der Waals surface area contributed by atoms with Gasteiger partial charge in [0.1, 0.15) is 25.6 Å². The average Bonchev–Trinajstić information content (AvgIpc) is 2.58. The van der Waals surface area contributed by atoms with Crippen LogP contribution in [0.4, 0.5) is 0 Å². The Morgan fingerprint density at radius 1 is 0.957 bits per heavy atom. The molecular formula is C18H22ClNO3. The first-order valence-corrected chi connectivity index (χ1v) is 7.66. The van der Waals surface area contributed by atoms with Gasteiger partial charge in [-0.25, -0.2) is 0 Å². The second-order valence-electron chi connectivity index (χ2n) is 5.22. The van der Waals surface area contributed by atoms with Crippen LogP contribution in [-0.4, -0.2) is 26.4 Å². The molecule has 2 aromatic rings. The van der Waals surface area contributed by atoms with Gasteiger partial charge in [0.2, 0.25) is 0 Å². The number of hydrogen-bond donors (Lipinski definition) is 1. The molecule has 5 heteroatoms. The van der Waals surface area contributed by atoms with Crippen LogP contribution < -0.4 is 19.9 Å². The lowest BCUT2D eigenvalue weighted by Gasteiger charge is -2.19. The first kappa shape index (κ1) is 17.4. The molecule has 1 aliphatic heterocycles. The van der Waals surface area contributed by atoms with Crippen LogP contribution in [0, 0.1) is 0 Å². The van der Waals surface area contributed by atoms with Crippen molar-refractivity contribution in [3.05, 3.63) is 53.6 Å². The fourth-order valence-electron chi connectivity index (χ4n) is 2.54. The molecule has 0 amide bonds. The minimum absolute atomic E-state index is 0. The molecule has 2 aromatic carbocycles.